The summed E-state index contributed by atoms with van der Waals surface area (Å²) in [5.74, 6) is -2.26. The van der Waals surface area contributed by atoms with Crippen molar-refractivity contribution in [1.29, 1.82) is 0 Å². The summed E-state index contributed by atoms with van der Waals surface area (Å²) < 4.78 is 31.6. The third-order valence-corrected chi connectivity index (χ3v) is 4.31. The van der Waals surface area contributed by atoms with Crippen molar-refractivity contribution in [3.05, 3.63) is 29.8 Å². The molecule has 0 unspecified atom stereocenters. The van der Waals surface area contributed by atoms with Crippen molar-refractivity contribution >= 4 is 17.5 Å². The molecule has 1 saturated heterocycles. The van der Waals surface area contributed by atoms with Gasteiger partial charge in [-0.2, -0.15) is 0 Å². The second-order valence-corrected chi connectivity index (χ2v) is 6.33. The van der Waals surface area contributed by atoms with Gasteiger partial charge >= 0.3 is 0 Å². The molecule has 0 atom stereocenters. The molecule has 0 spiro atoms. The fourth-order valence-corrected chi connectivity index (χ4v) is 3.12. The highest BCUT2D eigenvalue weighted by Gasteiger charge is 2.41. The van der Waals surface area contributed by atoms with Gasteiger partial charge < -0.3 is 20.3 Å². The third kappa shape index (κ3) is 4.96. The zero-order valence-electron chi connectivity index (χ0n) is 14.4. The number of piperidine rings is 1. The zero-order valence-corrected chi connectivity index (χ0v) is 14.4. The fraction of sp³-hybridized carbons (Fsp3) is 0.529. The van der Waals surface area contributed by atoms with Crippen LogP contribution in [0.25, 0.3) is 0 Å². The van der Waals surface area contributed by atoms with Gasteiger partial charge in [0, 0.05) is 25.9 Å². The van der Waals surface area contributed by atoms with Gasteiger partial charge in [0.15, 0.2) is 0 Å². The number of carbonyl (C=O) groups is 2. The Labute approximate surface area is 145 Å². The number of anilines is 1. The smallest absolute Gasteiger partial charge is 0.243 e. The first kappa shape index (κ1) is 19.3. The Morgan fingerprint density at radius 3 is 2.40 bits per heavy atom. The lowest BCUT2D eigenvalue weighted by Crippen LogP contribution is -2.51. The molecule has 2 rings (SSSR count). The van der Waals surface area contributed by atoms with Gasteiger partial charge in [-0.3, -0.25) is 9.59 Å². The highest BCUT2D eigenvalue weighted by atomic mass is 19.1. The van der Waals surface area contributed by atoms with Crippen molar-refractivity contribution in [2.24, 2.45) is 5.41 Å². The Bertz CT molecular complexity index is 608. The van der Waals surface area contributed by atoms with Crippen LogP contribution in [0.4, 0.5) is 14.5 Å². The first-order valence-electron chi connectivity index (χ1n) is 8.07. The van der Waals surface area contributed by atoms with E-state index in [0.29, 0.717) is 25.9 Å². The summed E-state index contributed by atoms with van der Waals surface area (Å²) in [4.78, 5) is 26.3. The van der Waals surface area contributed by atoms with Crippen molar-refractivity contribution in [3.8, 4) is 0 Å². The Balaban J connectivity index is 2.00. The van der Waals surface area contributed by atoms with Gasteiger partial charge in [0.25, 0.3) is 0 Å². The Morgan fingerprint density at radius 1 is 1.24 bits per heavy atom. The number of methoxy groups -OCH3 is 1. The molecule has 2 amide bonds. The van der Waals surface area contributed by atoms with Crippen LogP contribution >= 0.6 is 0 Å². The third-order valence-electron chi connectivity index (χ3n) is 4.31. The molecular weight excluding hydrogens is 332 g/mol. The number of halogens is 2. The number of amides is 2. The van der Waals surface area contributed by atoms with E-state index in [9.17, 15) is 18.4 Å². The lowest BCUT2D eigenvalue weighted by atomic mass is 9.78. The average Bonchev–Trinajstić information content (AvgIpc) is 2.54. The maximum absolute atomic E-state index is 13.2. The van der Waals surface area contributed by atoms with E-state index in [-0.39, 0.29) is 24.7 Å². The number of hydrogen-bond donors (Lipinski definition) is 2. The molecule has 0 aromatic heterocycles. The topological polar surface area (TPSA) is 70.7 Å². The van der Waals surface area contributed by atoms with Crippen LogP contribution in [-0.4, -0.2) is 57.1 Å². The minimum Gasteiger partial charge on any atom is -0.384 e. The second-order valence-electron chi connectivity index (χ2n) is 6.33. The normalized spacial score (nSPS) is 16.3. The van der Waals surface area contributed by atoms with Gasteiger partial charge in [-0.05, 0) is 38.1 Å². The van der Waals surface area contributed by atoms with E-state index >= 15 is 0 Å². The van der Waals surface area contributed by atoms with E-state index in [1.807, 2.05) is 0 Å². The Hall–Kier alpha value is -2.06. The quantitative estimate of drug-likeness (QED) is 0.809. The van der Waals surface area contributed by atoms with Gasteiger partial charge in [-0.15, -0.1) is 0 Å². The highest BCUT2D eigenvalue weighted by Crippen LogP contribution is 2.31. The van der Waals surface area contributed by atoms with Crippen LogP contribution in [0.15, 0.2) is 18.2 Å². The molecule has 138 valence electrons. The highest BCUT2D eigenvalue weighted by molar-refractivity contribution is 5.95. The van der Waals surface area contributed by atoms with Gasteiger partial charge in [-0.25, -0.2) is 8.78 Å². The molecule has 1 heterocycles. The summed E-state index contributed by atoms with van der Waals surface area (Å²) in [6.45, 7) is 1.49. The summed E-state index contributed by atoms with van der Waals surface area (Å²) in [5, 5.41) is 5.60. The van der Waals surface area contributed by atoms with Gasteiger partial charge in [0.1, 0.15) is 11.6 Å². The minimum atomic E-state index is -0.784. The first-order valence-corrected chi connectivity index (χ1v) is 8.07. The molecule has 1 aromatic rings. The molecule has 1 aliphatic heterocycles. The van der Waals surface area contributed by atoms with Crippen molar-refractivity contribution in [2.75, 3.05) is 45.7 Å². The largest absolute Gasteiger partial charge is 0.384 e. The number of hydrogen-bond acceptors (Lipinski definition) is 4. The zero-order chi connectivity index (χ0) is 18.4. The van der Waals surface area contributed by atoms with Gasteiger partial charge in [0.2, 0.25) is 11.8 Å². The molecule has 6 nitrogen and oxygen atoms in total. The molecule has 0 aliphatic carbocycles. The predicted molar refractivity (Wildman–Crippen MR) is 89.0 cm³/mol. The minimum absolute atomic E-state index is 0.0109. The first-order chi connectivity index (χ1) is 11.9. The number of nitrogens with one attached hydrogen (secondary N) is 2. The van der Waals surface area contributed by atoms with Gasteiger partial charge in [0.05, 0.1) is 18.6 Å². The number of rotatable bonds is 6. The fourth-order valence-electron chi connectivity index (χ4n) is 3.12. The monoisotopic (exact) mass is 355 g/mol. The van der Waals surface area contributed by atoms with Crippen molar-refractivity contribution in [3.63, 3.8) is 0 Å². The average molecular weight is 355 g/mol. The molecule has 0 bridgehead atoms. The SMILES string of the molecule is COCC1(C(=O)N(C)CC(=O)Nc2cc(F)cc(F)c2)CCNCC1. The predicted octanol–water partition coefficient (Wildman–Crippen LogP) is 1.38. The second kappa shape index (κ2) is 8.35. The number of carbonyl (C=O) groups excluding carboxylic acids is 2. The Morgan fingerprint density at radius 2 is 1.84 bits per heavy atom. The van der Waals surface area contributed by atoms with Crippen LogP contribution in [-0.2, 0) is 14.3 Å². The lowest BCUT2D eigenvalue weighted by Gasteiger charge is -2.38. The van der Waals surface area contributed by atoms with E-state index in [2.05, 4.69) is 10.6 Å². The maximum Gasteiger partial charge on any atom is 0.243 e. The van der Waals surface area contributed by atoms with E-state index in [0.717, 1.165) is 18.2 Å². The number of benzene rings is 1. The van der Waals surface area contributed by atoms with Crippen molar-refractivity contribution in [1.82, 2.24) is 10.2 Å². The van der Waals surface area contributed by atoms with Gasteiger partial charge in [-0.1, -0.05) is 0 Å². The van der Waals surface area contributed by atoms with Crippen LogP contribution in [0.1, 0.15) is 12.8 Å². The summed E-state index contributed by atoms with van der Waals surface area (Å²) in [7, 11) is 3.08. The summed E-state index contributed by atoms with van der Waals surface area (Å²) in [5.41, 5.74) is -0.642. The lowest BCUT2D eigenvalue weighted by molar-refractivity contribution is -0.147. The number of nitrogens with zero attached hydrogens (tertiary/aromatic N) is 1. The van der Waals surface area contributed by atoms with Crippen LogP contribution in [0.3, 0.4) is 0 Å². The summed E-state index contributed by atoms with van der Waals surface area (Å²) in [6, 6.07) is 2.75. The molecule has 8 heteroatoms. The maximum atomic E-state index is 13.2. The molecule has 0 saturated carbocycles. The van der Waals surface area contributed by atoms with E-state index in [1.54, 1.807) is 7.11 Å². The van der Waals surface area contributed by atoms with Crippen LogP contribution in [0.5, 0.6) is 0 Å². The molecule has 1 aromatic carbocycles. The molecule has 2 N–H and O–H groups in total. The van der Waals surface area contributed by atoms with E-state index < -0.39 is 23.0 Å². The van der Waals surface area contributed by atoms with Crippen molar-refractivity contribution in [2.45, 2.75) is 12.8 Å². The van der Waals surface area contributed by atoms with E-state index in [4.69, 9.17) is 4.74 Å². The standard InChI is InChI=1S/C17H23F2N3O3/c1-22(16(24)17(11-25-2)3-5-20-6-4-17)10-15(23)21-14-8-12(18)7-13(19)9-14/h7-9,20H,3-6,10-11H2,1-2H3,(H,21,23). The van der Waals surface area contributed by atoms with Crippen molar-refractivity contribution < 1.29 is 23.1 Å². The van der Waals surface area contributed by atoms with Crippen LogP contribution in [0.2, 0.25) is 0 Å². The molecule has 1 fully saturated rings. The molecule has 1 aliphatic rings. The molecule has 25 heavy (non-hydrogen) atoms. The van der Waals surface area contributed by atoms with E-state index in [1.165, 1.54) is 11.9 Å². The molecular formula is C17H23F2N3O3. The summed E-state index contributed by atoms with van der Waals surface area (Å²) in [6.07, 6.45) is 1.25. The summed E-state index contributed by atoms with van der Waals surface area (Å²) >= 11 is 0. The number of likely N-dealkylation sites (N-methyl/N-ethyl adjacent to an activating group) is 1. The Kier molecular flexibility index (Phi) is 6.44. The number of ether oxygens (including phenoxy) is 1. The van der Waals surface area contributed by atoms with Crippen LogP contribution < -0.4 is 10.6 Å². The van der Waals surface area contributed by atoms with Crippen LogP contribution in [0, 0.1) is 17.0 Å². The molecule has 0 radical (unpaired) electrons.